The number of aliphatic hydroxyl groups is 1. The van der Waals surface area contributed by atoms with Gasteiger partial charge in [-0.2, -0.15) is 0 Å². The van der Waals surface area contributed by atoms with Gasteiger partial charge in [0.25, 0.3) is 0 Å². The van der Waals surface area contributed by atoms with Gasteiger partial charge in [-0.15, -0.1) is 0 Å². The van der Waals surface area contributed by atoms with E-state index in [0.717, 1.165) is 18.9 Å². The molecule has 0 aromatic rings. The van der Waals surface area contributed by atoms with E-state index in [1.54, 1.807) is 0 Å². The first-order valence-electron chi connectivity index (χ1n) is 4.17. The molecular formula is C8H17NO. The summed E-state index contributed by atoms with van der Waals surface area (Å²) in [6.45, 7) is 3.70. The first kappa shape index (κ1) is 8.02. The van der Waals surface area contributed by atoms with Crippen LogP contribution in [0.15, 0.2) is 0 Å². The fourth-order valence-electron chi connectivity index (χ4n) is 1.68. The summed E-state index contributed by atoms with van der Waals surface area (Å²) in [4.78, 5) is 0. The van der Waals surface area contributed by atoms with Gasteiger partial charge in [-0.3, -0.25) is 0 Å². The Hall–Kier alpha value is -0.0800. The van der Waals surface area contributed by atoms with Gasteiger partial charge < -0.3 is 10.4 Å². The van der Waals surface area contributed by atoms with Gasteiger partial charge in [-0.05, 0) is 38.6 Å². The minimum atomic E-state index is 0.359. The number of aliphatic hydroxyl groups excluding tert-OH is 1. The molecule has 1 rings (SSSR count). The zero-order chi connectivity index (χ0) is 7.40. The molecule has 0 aromatic heterocycles. The minimum Gasteiger partial charge on any atom is -0.396 e. The Morgan fingerprint density at radius 1 is 1.60 bits per heavy atom. The Balaban J connectivity index is 2.18. The number of hydrogen-bond acceptors (Lipinski definition) is 2. The van der Waals surface area contributed by atoms with Gasteiger partial charge in [0.2, 0.25) is 0 Å². The predicted molar refractivity (Wildman–Crippen MR) is 41.9 cm³/mol. The third-order valence-corrected chi connectivity index (χ3v) is 2.27. The molecule has 60 valence electrons. The van der Waals surface area contributed by atoms with Gasteiger partial charge in [-0.1, -0.05) is 0 Å². The number of rotatable bonds is 2. The molecule has 1 fully saturated rings. The van der Waals surface area contributed by atoms with Crippen LogP contribution in [0.25, 0.3) is 0 Å². The lowest BCUT2D eigenvalue weighted by Crippen LogP contribution is -2.35. The van der Waals surface area contributed by atoms with Gasteiger partial charge in [0.15, 0.2) is 0 Å². The van der Waals surface area contributed by atoms with E-state index in [0.29, 0.717) is 12.6 Å². The van der Waals surface area contributed by atoms with E-state index in [1.807, 2.05) is 0 Å². The van der Waals surface area contributed by atoms with Crippen molar-refractivity contribution < 1.29 is 5.11 Å². The topological polar surface area (TPSA) is 32.3 Å². The molecule has 0 unspecified atom stereocenters. The van der Waals surface area contributed by atoms with Crippen LogP contribution in [0.4, 0.5) is 0 Å². The number of hydrogen-bond donors (Lipinski definition) is 2. The monoisotopic (exact) mass is 143 g/mol. The van der Waals surface area contributed by atoms with E-state index in [-0.39, 0.29) is 0 Å². The molecule has 2 atom stereocenters. The molecular weight excluding hydrogens is 126 g/mol. The van der Waals surface area contributed by atoms with Gasteiger partial charge in [-0.25, -0.2) is 0 Å². The summed E-state index contributed by atoms with van der Waals surface area (Å²) in [6, 6.07) is 0.658. The molecule has 2 N–H and O–H groups in total. The summed E-state index contributed by atoms with van der Waals surface area (Å²) in [6.07, 6.45) is 3.47. The molecule has 10 heavy (non-hydrogen) atoms. The molecule has 2 nitrogen and oxygen atoms in total. The lowest BCUT2D eigenvalue weighted by molar-refractivity contribution is 0.220. The van der Waals surface area contributed by atoms with Crippen molar-refractivity contribution in [2.45, 2.75) is 32.2 Å². The second-order valence-corrected chi connectivity index (χ2v) is 3.26. The quantitative estimate of drug-likeness (QED) is 0.598. The standard InChI is InChI=1S/C8H17NO/c1-7-6-8(3-5-10)2-4-9-7/h7-10H,2-6H2,1H3/t7-,8-/m1/s1. The minimum absolute atomic E-state index is 0.359. The van der Waals surface area contributed by atoms with Gasteiger partial charge in [0.05, 0.1) is 0 Å². The van der Waals surface area contributed by atoms with E-state index in [2.05, 4.69) is 12.2 Å². The fraction of sp³-hybridized carbons (Fsp3) is 1.00. The van der Waals surface area contributed by atoms with Crippen molar-refractivity contribution in [2.24, 2.45) is 5.92 Å². The zero-order valence-corrected chi connectivity index (χ0v) is 6.64. The molecule has 0 amide bonds. The lowest BCUT2D eigenvalue weighted by Gasteiger charge is -2.27. The first-order chi connectivity index (χ1) is 4.83. The van der Waals surface area contributed by atoms with Crippen molar-refractivity contribution in [3.63, 3.8) is 0 Å². The van der Waals surface area contributed by atoms with Crippen molar-refractivity contribution in [1.82, 2.24) is 5.32 Å². The highest BCUT2D eigenvalue weighted by atomic mass is 16.3. The normalized spacial score (nSPS) is 34.2. The average Bonchev–Trinajstić information content (AvgIpc) is 1.88. The van der Waals surface area contributed by atoms with Gasteiger partial charge in [0, 0.05) is 12.6 Å². The summed E-state index contributed by atoms with van der Waals surface area (Å²) in [5.74, 6) is 0.765. The highest BCUT2D eigenvalue weighted by Gasteiger charge is 2.16. The van der Waals surface area contributed by atoms with Crippen LogP contribution in [0, 0.1) is 5.92 Å². The summed E-state index contributed by atoms with van der Waals surface area (Å²) in [7, 11) is 0. The second kappa shape index (κ2) is 3.94. The van der Waals surface area contributed by atoms with Crippen molar-refractivity contribution in [3.8, 4) is 0 Å². The van der Waals surface area contributed by atoms with Crippen molar-refractivity contribution in [1.29, 1.82) is 0 Å². The second-order valence-electron chi connectivity index (χ2n) is 3.26. The largest absolute Gasteiger partial charge is 0.396 e. The van der Waals surface area contributed by atoms with Crippen LogP contribution in [0.5, 0.6) is 0 Å². The Morgan fingerprint density at radius 3 is 3.00 bits per heavy atom. The number of piperidine rings is 1. The van der Waals surface area contributed by atoms with Gasteiger partial charge in [0.1, 0.15) is 0 Å². The molecule has 0 bridgehead atoms. The first-order valence-corrected chi connectivity index (χ1v) is 4.17. The molecule has 1 aliphatic rings. The smallest absolute Gasteiger partial charge is 0.0433 e. The SMILES string of the molecule is C[C@@H]1C[C@@H](CCO)CCN1. The molecule has 1 aliphatic heterocycles. The fourth-order valence-corrected chi connectivity index (χ4v) is 1.68. The van der Waals surface area contributed by atoms with E-state index in [9.17, 15) is 0 Å². The van der Waals surface area contributed by atoms with Crippen LogP contribution in [0.2, 0.25) is 0 Å². The van der Waals surface area contributed by atoms with Crippen LogP contribution in [-0.2, 0) is 0 Å². The Labute approximate surface area is 62.6 Å². The van der Waals surface area contributed by atoms with Crippen molar-refractivity contribution in [3.05, 3.63) is 0 Å². The van der Waals surface area contributed by atoms with Crippen LogP contribution in [-0.4, -0.2) is 24.3 Å². The van der Waals surface area contributed by atoms with Crippen LogP contribution in [0.3, 0.4) is 0 Å². The molecule has 0 spiro atoms. The Morgan fingerprint density at radius 2 is 2.40 bits per heavy atom. The van der Waals surface area contributed by atoms with Crippen molar-refractivity contribution >= 4 is 0 Å². The van der Waals surface area contributed by atoms with E-state index < -0.39 is 0 Å². The predicted octanol–water partition coefficient (Wildman–Crippen LogP) is 0.757. The summed E-state index contributed by atoms with van der Waals surface area (Å²) >= 11 is 0. The van der Waals surface area contributed by atoms with E-state index >= 15 is 0 Å². The van der Waals surface area contributed by atoms with Crippen LogP contribution >= 0.6 is 0 Å². The molecule has 0 saturated carbocycles. The molecule has 0 aromatic carbocycles. The molecule has 0 radical (unpaired) electrons. The molecule has 1 heterocycles. The average molecular weight is 143 g/mol. The molecule has 1 saturated heterocycles. The highest BCUT2D eigenvalue weighted by molar-refractivity contribution is 4.74. The maximum Gasteiger partial charge on any atom is 0.0433 e. The maximum absolute atomic E-state index is 8.68. The third kappa shape index (κ3) is 2.27. The van der Waals surface area contributed by atoms with Crippen molar-refractivity contribution in [2.75, 3.05) is 13.2 Å². The summed E-state index contributed by atoms with van der Waals surface area (Å²) in [5.41, 5.74) is 0. The third-order valence-electron chi connectivity index (χ3n) is 2.27. The molecule has 2 heteroatoms. The van der Waals surface area contributed by atoms with Gasteiger partial charge >= 0.3 is 0 Å². The van der Waals surface area contributed by atoms with Crippen LogP contribution < -0.4 is 5.32 Å². The van der Waals surface area contributed by atoms with E-state index in [4.69, 9.17) is 5.11 Å². The summed E-state index contributed by atoms with van der Waals surface area (Å²) < 4.78 is 0. The Kier molecular flexibility index (Phi) is 3.16. The van der Waals surface area contributed by atoms with Crippen LogP contribution in [0.1, 0.15) is 26.2 Å². The lowest BCUT2D eigenvalue weighted by atomic mass is 9.91. The number of nitrogens with one attached hydrogen (secondary N) is 1. The maximum atomic E-state index is 8.68. The molecule has 0 aliphatic carbocycles. The Bertz CT molecular complexity index is 93.3. The highest BCUT2D eigenvalue weighted by Crippen LogP contribution is 2.18. The van der Waals surface area contributed by atoms with E-state index in [1.165, 1.54) is 12.8 Å². The summed E-state index contributed by atoms with van der Waals surface area (Å²) in [5, 5.41) is 12.1. The zero-order valence-electron chi connectivity index (χ0n) is 6.64.